The fourth-order valence-electron chi connectivity index (χ4n) is 1.20. The molecule has 1 rings (SSSR count). The quantitative estimate of drug-likeness (QED) is 0.623. The molecule has 0 spiro atoms. The number of hydrogen-bond acceptors (Lipinski definition) is 4. The van der Waals surface area contributed by atoms with Crippen LogP contribution < -0.4 is 0 Å². The Morgan fingerprint density at radius 3 is 2.67 bits per heavy atom. The number of halogens is 1. The van der Waals surface area contributed by atoms with Gasteiger partial charge >= 0.3 is 5.97 Å². The molecule has 0 heterocycles. The topological polar surface area (TPSA) is 50.1 Å². The summed E-state index contributed by atoms with van der Waals surface area (Å²) in [6, 6.07) is 6.00. The molecule has 0 saturated heterocycles. The van der Waals surface area contributed by atoms with Gasteiger partial charge in [0.25, 0.3) is 0 Å². The highest BCUT2D eigenvalue weighted by atomic mass is 32.2. The van der Waals surface area contributed by atoms with Gasteiger partial charge in [-0.15, -0.1) is 11.8 Å². The minimum Gasteiger partial charge on any atom is -0.459 e. The fraction of sp³-hybridized carbons (Fsp3) is 0.385. The minimum absolute atomic E-state index is 0.0418. The minimum atomic E-state index is -0.541. The van der Waals surface area contributed by atoms with Gasteiger partial charge in [0.05, 0.1) is 17.4 Å². The molecule has 0 saturated carbocycles. The van der Waals surface area contributed by atoms with Gasteiger partial charge in [-0.3, -0.25) is 4.79 Å². The predicted octanol–water partition coefficient (Wildman–Crippen LogP) is 3.13. The van der Waals surface area contributed by atoms with Crippen LogP contribution in [0.15, 0.2) is 23.1 Å². The molecule has 3 nitrogen and oxygen atoms in total. The molecule has 0 bridgehead atoms. The average Bonchev–Trinajstić information content (AvgIpc) is 2.25. The first kappa shape index (κ1) is 14.5. The predicted molar refractivity (Wildman–Crippen MR) is 67.7 cm³/mol. The highest BCUT2D eigenvalue weighted by molar-refractivity contribution is 8.00. The van der Waals surface area contributed by atoms with Gasteiger partial charge in [-0.25, -0.2) is 4.39 Å². The van der Waals surface area contributed by atoms with Crippen LogP contribution in [-0.2, 0) is 9.53 Å². The Morgan fingerprint density at radius 2 is 2.17 bits per heavy atom. The van der Waals surface area contributed by atoms with Gasteiger partial charge in [-0.2, -0.15) is 5.26 Å². The summed E-state index contributed by atoms with van der Waals surface area (Å²) in [4.78, 5) is 11.8. The Balaban J connectivity index is 2.59. The molecule has 0 aliphatic carbocycles. The highest BCUT2D eigenvalue weighted by Gasteiger charge is 2.16. The number of nitriles is 1. The number of hydrogen-bond donors (Lipinski definition) is 0. The maximum Gasteiger partial charge on any atom is 0.316 e. The van der Waals surface area contributed by atoms with Crippen molar-refractivity contribution in [3.05, 3.63) is 29.6 Å². The normalized spacial score (nSPS) is 10.8. The second-order valence-corrected chi connectivity index (χ2v) is 5.65. The van der Waals surface area contributed by atoms with Gasteiger partial charge in [0.15, 0.2) is 0 Å². The van der Waals surface area contributed by atoms with Crippen LogP contribution in [0.3, 0.4) is 0 Å². The lowest BCUT2D eigenvalue weighted by Crippen LogP contribution is -2.24. The number of ether oxygens (including phenoxy) is 1. The summed E-state index contributed by atoms with van der Waals surface area (Å²) >= 11 is 1.06. The number of esters is 1. The van der Waals surface area contributed by atoms with Crippen molar-refractivity contribution in [1.29, 1.82) is 5.26 Å². The van der Waals surface area contributed by atoms with Crippen LogP contribution in [0.5, 0.6) is 0 Å². The lowest BCUT2D eigenvalue weighted by atomic mass is 10.2. The van der Waals surface area contributed by atoms with E-state index in [-0.39, 0.29) is 11.3 Å². The summed E-state index contributed by atoms with van der Waals surface area (Å²) in [5.74, 6) is -0.848. The Bertz CT molecular complexity index is 489. The Kier molecular flexibility index (Phi) is 4.74. The lowest BCUT2D eigenvalue weighted by molar-refractivity contribution is -0.151. The molecule has 1 aromatic carbocycles. The summed E-state index contributed by atoms with van der Waals surface area (Å²) < 4.78 is 18.6. The first-order valence-corrected chi connectivity index (χ1v) is 6.34. The van der Waals surface area contributed by atoms with Crippen molar-refractivity contribution >= 4 is 17.7 Å². The van der Waals surface area contributed by atoms with Gasteiger partial charge < -0.3 is 4.74 Å². The average molecular weight is 267 g/mol. The van der Waals surface area contributed by atoms with E-state index in [0.717, 1.165) is 17.8 Å². The molecule has 0 amide bonds. The van der Waals surface area contributed by atoms with E-state index in [9.17, 15) is 9.18 Å². The number of carbonyl (C=O) groups excluding carboxylic acids is 1. The number of rotatable bonds is 3. The van der Waals surface area contributed by atoms with Crippen molar-refractivity contribution in [1.82, 2.24) is 0 Å². The monoisotopic (exact) mass is 267 g/mol. The molecule has 0 aliphatic heterocycles. The third-order valence-electron chi connectivity index (χ3n) is 1.83. The number of benzene rings is 1. The molecule has 1 aromatic rings. The summed E-state index contributed by atoms with van der Waals surface area (Å²) in [6.07, 6.45) is 0. The summed E-state index contributed by atoms with van der Waals surface area (Å²) in [7, 11) is 0. The number of nitrogens with zero attached hydrogens (tertiary/aromatic N) is 1. The number of thioether (sulfide) groups is 1. The molecule has 96 valence electrons. The Labute approximate surface area is 110 Å². The molecular weight excluding hydrogens is 253 g/mol. The van der Waals surface area contributed by atoms with E-state index in [4.69, 9.17) is 10.00 Å². The first-order valence-electron chi connectivity index (χ1n) is 5.36. The maximum absolute atomic E-state index is 13.5. The molecular formula is C13H14FNO2S. The zero-order chi connectivity index (χ0) is 13.8. The molecule has 5 heteroatoms. The van der Waals surface area contributed by atoms with Gasteiger partial charge in [-0.05, 0) is 39.0 Å². The summed E-state index contributed by atoms with van der Waals surface area (Å²) in [5, 5.41) is 8.60. The van der Waals surface area contributed by atoms with E-state index in [0.29, 0.717) is 4.90 Å². The molecule has 0 unspecified atom stereocenters. The molecule has 0 aromatic heterocycles. The van der Waals surface area contributed by atoms with Crippen LogP contribution in [-0.4, -0.2) is 17.3 Å². The molecule has 18 heavy (non-hydrogen) atoms. The van der Waals surface area contributed by atoms with Crippen LogP contribution >= 0.6 is 11.8 Å². The smallest absolute Gasteiger partial charge is 0.316 e. The first-order chi connectivity index (χ1) is 8.31. The zero-order valence-electron chi connectivity index (χ0n) is 10.5. The third kappa shape index (κ3) is 4.76. The molecule has 0 radical (unpaired) electrons. The molecule has 0 aliphatic rings. The van der Waals surface area contributed by atoms with Gasteiger partial charge in [0.2, 0.25) is 0 Å². The van der Waals surface area contributed by atoms with Crippen LogP contribution in [0.4, 0.5) is 4.39 Å². The van der Waals surface area contributed by atoms with E-state index in [1.54, 1.807) is 20.8 Å². The maximum atomic E-state index is 13.5. The van der Waals surface area contributed by atoms with Gasteiger partial charge in [0, 0.05) is 4.90 Å². The van der Waals surface area contributed by atoms with Crippen molar-refractivity contribution in [2.75, 3.05) is 5.75 Å². The fourth-order valence-corrected chi connectivity index (χ4v) is 1.89. The van der Waals surface area contributed by atoms with Crippen molar-refractivity contribution in [3.63, 3.8) is 0 Å². The third-order valence-corrected chi connectivity index (χ3v) is 2.85. The van der Waals surface area contributed by atoms with E-state index in [1.807, 2.05) is 6.07 Å². The van der Waals surface area contributed by atoms with Gasteiger partial charge in [0.1, 0.15) is 11.4 Å². The van der Waals surface area contributed by atoms with Crippen LogP contribution in [0, 0.1) is 17.1 Å². The second-order valence-electron chi connectivity index (χ2n) is 4.63. The van der Waals surface area contributed by atoms with Crippen LogP contribution in [0.25, 0.3) is 0 Å². The SMILES string of the molecule is CC(C)(C)OC(=O)CSc1ccc(C#N)cc1F. The largest absolute Gasteiger partial charge is 0.459 e. The molecule has 0 atom stereocenters. The van der Waals surface area contributed by atoms with E-state index in [2.05, 4.69) is 0 Å². The summed E-state index contributed by atoms with van der Waals surface area (Å²) in [5.41, 5.74) is -0.282. The lowest BCUT2D eigenvalue weighted by Gasteiger charge is -2.19. The number of carbonyl (C=O) groups is 1. The van der Waals surface area contributed by atoms with Crippen molar-refractivity contribution in [2.24, 2.45) is 0 Å². The van der Waals surface area contributed by atoms with Gasteiger partial charge in [-0.1, -0.05) is 0 Å². The van der Waals surface area contributed by atoms with E-state index >= 15 is 0 Å². The standard InChI is InChI=1S/C13H14FNO2S/c1-13(2,3)17-12(16)8-18-11-5-4-9(7-15)6-10(11)14/h4-6H,8H2,1-3H3. The Hall–Kier alpha value is -1.54. The summed E-state index contributed by atoms with van der Waals surface area (Å²) in [6.45, 7) is 5.33. The molecule has 0 N–H and O–H groups in total. The van der Waals surface area contributed by atoms with Crippen molar-refractivity contribution in [2.45, 2.75) is 31.3 Å². The van der Waals surface area contributed by atoms with Crippen molar-refractivity contribution in [3.8, 4) is 6.07 Å². The second kappa shape index (κ2) is 5.87. The molecule has 0 fully saturated rings. The van der Waals surface area contributed by atoms with E-state index < -0.39 is 17.4 Å². The van der Waals surface area contributed by atoms with E-state index in [1.165, 1.54) is 12.1 Å². The Morgan fingerprint density at radius 1 is 1.50 bits per heavy atom. The van der Waals surface area contributed by atoms with Crippen LogP contribution in [0.2, 0.25) is 0 Å². The highest BCUT2D eigenvalue weighted by Crippen LogP contribution is 2.23. The van der Waals surface area contributed by atoms with Crippen LogP contribution in [0.1, 0.15) is 26.3 Å². The van der Waals surface area contributed by atoms with Crippen molar-refractivity contribution < 1.29 is 13.9 Å². The zero-order valence-corrected chi connectivity index (χ0v) is 11.3.